The maximum absolute atomic E-state index is 12.3. The van der Waals surface area contributed by atoms with E-state index in [2.05, 4.69) is 6.07 Å². The van der Waals surface area contributed by atoms with Gasteiger partial charge >= 0.3 is 5.97 Å². The summed E-state index contributed by atoms with van der Waals surface area (Å²) in [5, 5.41) is 0. The van der Waals surface area contributed by atoms with Gasteiger partial charge in [-0.25, -0.2) is 4.79 Å². The van der Waals surface area contributed by atoms with Crippen LogP contribution in [0.15, 0.2) is 48.5 Å². The van der Waals surface area contributed by atoms with Crippen LogP contribution in [0.4, 0.5) is 0 Å². The first-order valence-electron chi connectivity index (χ1n) is 7.96. The average Bonchev–Trinajstić information content (AvgIpc) is 2.65. The minimum absolute atomic E-state index is 0.225. The van der Waals surface area contributed by atoms with E-state index in [1.165, 1.54) is 29.8 Å². The molecule has 0 unspecified atom stereocenters. The molecule has 0 radical (unpaired) electrons. The van der Waals surface area contributed by atoms with Gasteiger partial charge in [0.2, 0.25) is 5.91 Å². The third kappa shape index (κ3) is 3.85. The number of carbonyl (C=O) groups excluding carboxylic acids is 3. The van der Waals surface area contributed by atoms with E-state index in [9.17, 15) is 14.4 Å². The zero-order valence-electron chi connectivity index (χ0n) is 13.6. The van der Waals surface area contributed by atoms with Gasteiger partial charge in [-0.05, 0) is 41.8 Å². The molecular formula is C19H18N2O4. The Morgan fingerprint density at radius 3 is 2.28 bits per heavy atom. The van der Waals surface area contributed by atoms with Crippen LogP contribution in [-0.4, -0.2) is 35.8 Å². The van der Waals surface area contributed by atoms with Crippen LogP contribution in [0.25, 0.3) is 0 Å². The number of amides is 2. The summed E-state index contributed by atoms with van der Waals surface area (Å²) in [4.78, 5) is 37.0. The van der Waals surface area contributed by atoms with Crippen molar-refractivity contribution in [3.05, 3.63) is 70.8 Å². The number of fused-ring (bicyclic) bond motifs is 1. The van der Waals surface area contributed by atoms with E-state index >= 15 is 0 Å². The molecule has 2 amide bonds. The number of hydrogen-bond donors (Lipinski definition) is 1. The van der Waals surface area contributed by atoms with Crippen LogP contribution < -0.4 is 5.73 Å². The molecule has 2 aromatic carbocycles. The Morgan fingerprint density at radius 2 is 1.60 bits per heavy atom. The highest BCUT2D eigenvalue weighted by molar-refractivity contribution is 5.95. The molecule has 25 heavy (non-hydrogen) atoms. The van der Waals surface area contributed by atoms with Crippen LogP contribution in [0.5, 0.6) is 0 Å². The van der Waals surface area contributed by atoms with Crippen molar-refractivity contribution in [3.63, 3.8) is 0 Å². The molecule has 1 aliphatic rings. The Balaban J connectivity index is 1.55. The maximum atomic E-state index is 12.3. The van der Waals surface area contributed by atoms with Crippen LogP contribution >= 0.6 is 0 Å². The van der Waals surface area contributed by atoms with Gasteiger partial charge in [-0.15, -0.1) is 0 Å². The Hall–Kier alpha value is -3.15. The summed E-state index contributed by atoms with van der Waals surface area (Å²) in [6.07, 6.45) is 0.796. The Bertz CT molecular complexity index is 814. The third-order valence-corrected chi connectivity index (χ3v) is 4.22. The molecule has 128 valence electrons. The largest absolute Gasteiger partial charge is 0.452 e. The van der Waals surface area contributed by atoms with Gasteiger partial charge in [0.25, 0.3) is 5.91 Å². The Labute approximate surface area is 145 Å². The van der Waals surface area contributed by atoms with Crippen LogP contribution in [0.3, 0.4) is 0 Å². The van der Waals surface area contributed by atoms with Gasteiger partial charge in [-0.1, -0.05) is 24.3 Å². The lowest BCUT2D eigenvalue weighted by Crippen LogP contribution is -2.38. The summed E-state index contributed by atoms with van der Waals surface area (Å²) >= 11 is 0. The molecule has 0 saturated carbocycles. The number of hydrogen-bond acceptors (Lipinski definition) is 4. The van der Waals surface area contributed by atoms with Gasteiger partial charge in [0.05, 0.1) is 5.56 Å². The van der Waals surface area contributed by atoms with E-state index in [0.29, 0.717) is 18.7 Å². The van der Waals surface area contributed by atoms with Crippen molar-refractivity contribution >= 4 is 17.8 Å². The summed E-state index contributed by atoms with van der Waals surface area (Å²) < 4.78 is 5.09. The summed E-state index contributed by atoms with van der Waals surface area (Å²) in [6, 6.07) is 13.8. The fourth-order valence-electron chi connectivity index (χ4n) is 2.78. The fourth-order valence-corrected chi connectivity index (χ4v) is 2.78. The van der Waals surface area contributed by atoms with Gasteiger partial charge < -0.3 is 15.4 Å². The summed E-state index contributed by atoms with van der Waals surface area (Å²) in [5.74, 6) is -1.40. The average molecular weight is 338 g/mol. The van der Waals surface area contributed by atoms with Crippen molar-refractivity contribution in [2.75, 3.05) is 13.2 Å². The minimum atomic E-state index is -0.609. The lowest BCUT2D eigenvalue weighted by Gasteiger charge is -2.28. The zero-order chi connectivity index (χ0) is 17.8. The number of nitrogens with two attached hydrogens (primary N) is 1. The minimum Gasteiger partial charge on any atom is -0.452 e. The lowest BCUT2D eigenvalue weighted by molar-refractivity contribution is -0.135. The molecule has 1 aliphatic heterocycles. The van der Waals surface area contributed by atoms with Crippen molar-refractivity contribution in [1.82, 2.24) is 4.90 Å². The normalized spacial score (nSPS) is 13.0. The fraction of sp³-hybridized carbons (Fsp3) is 0.211. The van der Waals surface area contributed by atoms with E-state index in [0.717, 1.165) is 12.0 Å². The lowest BCUT2D eigenvalue weighted by atomic mass is 10.00. The van der Waals surface area contributed by atoms with Gasteiger partial charge in [-0.3, -0.25) is 9.59 Å². The molecule has 0 fully saturated rings. The summed E-state index contributed by atoms with van der Waals surface area (Å²) in [7, 11) is 0. The first kappa shape index (κ1) is 16.7. The van der Waals surface area contributed by atoms with E-state index in [-0.39, 0.29) is 18.1 Å². The van der Waals surface area contributed by atoms with Gasteiger partial charge in [0.1, 0.15) is 0 Å². The number of esters is 1. The molecular weight excluding hydrogens is 320 g/mol. The number of carbonyl (C=O) groups is 3. The number of rotatable bonds is 4. The molecule has 3 rings (SSSR count). The van der Waals surface area contributed by atoms with Crippen LogP contribution in [0.1, 0.15) is 31.8 Å². The van der Waals surface area contributed by atoms with Crippen molar-refractivity contribution in [2.45, 2.75) is 13.0 Å². The molecule has 0 bridgehead atoms. The van der Waals surface area contributed by atoms with Crippen LogP contribution in [0.2, 0.25) is 0 Å². The predicted octanol–water partition coefficient (Wildman–Crippen LogP) is 1.53. The van der Waals surface area contributed by atoms with Crippen LogP contribution in [-0.2, 0) is 22.5 Å². The molecule has 0 aromatic heterocycles. The van der Waals surface area contributed by atoms with E-state index < -0.39 is 11.9 Å². The topological polar surface area (TPSA) is 89.7 Å². The van der Waals surface area contributed by atoms with Gasteiger partial charge in [0, 0.05) is 18.7 Å². The molecule has 0 saturated heterocycles. The standard InChI is InChI=1S/C19H18N2O4/c20-18(23)14-5-7-15(8-6-14)19(24)25-12-17(22)21-10-9-13-3-1-2-4-16(13)11-21/h1-8H,9-12H2,(H2,20,23). The highest BCUT2D eigenvalue weighted by atomic mass is 16.5. The van der Waals surface area contributed by atoms with E-state index in [1.807, 2.05) is 18.2 Å². The van der Waals surface area contributed by atoms with Gasteiger partial charge in [-0.2, -0.15) is 0 Å². The molecule has 0 spiro atoms. The summed E-state index contributed by atoms with van der Waals surface area (Å²) in [6.45, 7) is 0.832. The smallest absolute Gasteiger partial charge is 0.338 e. The third-order valence-electron chi connectivity index (χ3n) is 4.22. The number of ether oxygens (including phenoxy) is 1. The second-order valence-corrected chi connectivity index (χ2v) is 5.85. The Kier molecular flexibility index (Phi) is 4.79. The highest BCUT2D eigenvalue weighted by Gasteiger charge is 2.21. The highest BCUT2D eigenvalue weighted by Crippen LogP contribution is 2.18. The Morgan fingerprint density at radius 1 is 0.960 bits per heavy atom. The zero-order valence-corrected chi connectivity index (χ0v) is 13.6. The number of primary amides is 1. The molecule has 0 aliphatic carbocycles. The summed E-state index contributed by atoms with van der Waals surface area (Å²) in [5.41, 5.74) is 8.09. The molecule has 0 atom stereocenters. The van der Waals surface area contributed by atoms with Crippen LogP contribution in [0, 0.1) is 0 Å². The first-order valence-corrected chi connectivity index (χ1v) is 7.96. The number of nitrogens with zero attached hydrogens (tertiary/aromatic N) is 1. The van der Waals surface area contributed by atoms with E-state index in [1.54, 1.807) is 4.90 Å². The maximum Gasteiger partial charge on any atom is 0.338 e. The molecule has 2 aromatic rings. The number of benzene rings is 2. The monoisotopic (exact) mass is 338 g/mol. The SMILES string of the molecule is NC(=O)c1ccc(C(=O)OCC(=O)N2CCc3ccccc3C2)cc1. The second-order valence-electron chi connectivity index (χ2n) is 5.85. The molecule has 6 nitrogen and oxygen atoms in total. The van der Waals surface area contributed by atoms with Crippen molar-refractivity contribution in [2.24, 2.45) is 5.73 Å². The predicted molar refractivity (Wildman–Crippen MR) is 90.8 cm³/mol. The van der Waals surface area contributed by atoms with Crippen molar-refractivity contribution in [3.8, 4) is 0 Å². The van der Waals surface area contributed by atoms with Crippen molar-refractivity contribution < 1.29 is 19.1 Å². The second kappa shape index (κ2) is 7.17. The molecule has 2 N–H and O–H groups in total. The quantitative estimate of drug-likeness (QED) is 0.856. The molecule has 6 heteroatoms. The molecule has 1 heterocycles. The van der Waals surface area contributed by atoms with E-state index in [4.69, 9.17) is 10.5 Å². The first-order chi connectivity index (χ1) is 12.0. The van der Waals surface area contributed by atoms with Gasteiger partial charge in [0.15, 0.2) is 6.61 Å². The van der Waals surface area contributed by atoms with Crippen molar-refractivity contribution in [1.29, 1.82) is 0 Å².